The van der Waals surface area contributed by atoms with Gasteiger partial charge in [0.15, 0.2) is 0 Å². The largest absolute Gasteiger partial charge is 0.300 e. The van der Waals surface area contributed by atoms with Crippen molar-refractivity contribution in [2.45, 2.75) is 111 Å². The van der Waals surface area contributed by atoms with Gasteiger partial charge in [-0.05, 0) is 19.3 Å². The maximum absolute atomic E-state index is 10.8. The zero-order valence-corrected chi connectivity index (χ0v) is 14.4. The van der Waals surface area contributed by atoms with Gasteiger partial charge in [0, 0.05) is 6.42 Å². The lowest BCUT2D eigenvalue weighted by Crippen LogP contribution is -1.95. The lowest BCUT2D eigenvalue weighted by atomic mass is 9.96. The second-order valence-corrected chi connectivity index (χ2v) is 6.67. The summed E-state index contributed by atoms with van der Waals surface area (Å²) in [6.45, 7) is 6.40. The summed E-state index contributed by atoms with van der Waals surface area (Å²) in [6, 6.07) is 0. The Bertz CT molecular complexity index is 210. The summed E-state index contributed by atoms with van der Waals surface area (Å²) in [7, 11) is 0. The van der Waals surface area contributed by atoms with Crippen LogP contribution in [0.25, 0.3) is 0 Å². The topological polar surface area (TPSA) is 17.1 Å². The predicted molar refractivity (Wildman–Crippen MR) is 90.2 cm³/mol. The van der Waals surface area contributed by atoms with Crippen LogP contribution < -0.4 is 0 Å². The predicted octanol–water partition coefficient (Wildman–Crippen LogP) is 6.69. The molecule has 0 aliphatic rings. The van der Waals surface area contributed by atoms with Crippen LogP contribution in [-0.2, 0) is 4.79 Å². The lowest BCUT2D eigenvalue weighted by Gasteiger charge is -2.10. The Kier molecular flexibility index (Phi) is 14.8. The molecule has 0 saturated heterocycles. The molecule has 0 aromatic rings. The smallest absolute Gasteiger partial charge is 0.129 e. The second-order valence-electron chi connectivity index (χ2n) is 6.67. The van der Waals surface area contributed by atoms with E-state index in [1.165, 1.54) is 77.0 Å². The fourth-order valence-corrected chi connectivity index (χ4v) is 2.81. The van der Waals surface area contributed by atoms with Crippen molar-refractivity contribution in [1.29, 1.82) is 0 Å². The number of ketones is 1. The van der Waals surface area contributed by atoms with Crippen LogP contribution in [0.4, 0.5) is 0 Å². The molecule has 120 valence electrons. The van der Waals surface area contributed by atoms with Crippen molar-refractivity contribution in [3.05, 3.63) is 0 Å². The molecule has 1 heteroatoms. The number of hydrogen-bond donors (Lipinski definition) is 0. The van der Waals surface area contributed by atoms with Gasteiger partial charge in [-0.1, -0.05) is 90.9 Å². The van der Waals surface area contributed by atoms with Gasteiger partial charge in [0.25, 0.3) is 0 Å². The molecule has 0 amide bonds. The fraction of sp³-hybridized carbons (Fsp3) is 0.947. The van der Waals surface area contributed by atoms with Crippen molar-refractivity contribution in [3.8, 4) is 0 Å². The van der Waals surface area contributed by atoms with E-state index in [1.54, 1.807) is 6.92 Å². The molecule has 0 radical (unpaired) electrons. The third-order valence-electron chi connectivity index (χ3n) is 4.28. The van der Waals surface area contributed by atoms with E-state index in [2.05, 4.69) is 13.8 Å². The molecule has 1 atom stereocenters. The van der Waals surface area contributed by atoms with Crippen molar-refractivity contribution in [2.75, 3.05) is 0 Å². The minimum absolute atomic E-state index is 0.345. The Labute approximate surface area is 127 Å². The first kappa shape index (κ1) is 19.7. The molecule has 0 rings (SSSR count). The summed E-state index contributed by atoms with van der Waals surface area (Å²) in [5, 5.41) is 0. The molecular weight excluding hydrogens is 244 g/mol. The van der Waals surface area contributed by atoms with Crippen LogP contribution >= 0.6 is 0 Å². The molecule has 20 heavy (non-hydrogen) atoms. The van der Waals surface area contributed by atoms with Gasteiger partial charge in [-0.2, -0.15) is 0 Å². The molecule has 0 aliphatic carbocycles. The zero-order valence-electron chi connectivity index (χ0n) is 14.4. The van der Waals surface area contributed by atoms with Crippen LogP contribution in [0, 0.1) is 5.92 Å². The average molecular weight is 283 g/mol. The van der Waals surface area contributed by atoms with Gasteiger partial charge in [-0.3, -0.25) is 0 Å². The Morgan fingerprint density at radius 2 is 1.20 bits per heavy atom. The summed E-state index contributed by atoms with van der Waals surface area (Å²) in [5.41, 5.74) is 0. The van der Waals surface area contributed by atoms with Crippen LogP contribution in [0.15, 0.2) is 0 Å². The normalized spacial score (nSPS) is 12.6. The fourth-order valence-electron chi connectivity index (χ4n) is 2.81. The van der Waals surface area contributed by atoms with Crippen molar-refractivity contribution >= 4 is 5.78 Å². The molecule has 0 bridgehead atoms. The van der Waals surface area contributed by atoms with Gasteiger partial charge in [0.05, 0.1) is 0 Å². The van der Waals surface area contributed by atoms with Gasteiger partial charge < -0.3 is 4.79 Å². The van der Waals surface area contributed by atoms with E-state index in [-0.39, 0.29) is 0 Å². The summed E-state index contributed by atoms with van der Waals surface area (Å²) in [5.74, 6) is 1.28. The molecule has 0 spiro atoms. The molecule has 0 heterocycles. The third-order valence-corrected chi connectivity index (χ3v) is 4.28. The summed E-state index contributed by atoms with van der Waals surface area (Å²) in [4.78, 5) is 10.8. The first-order valence-electron chi connectivity index (χ1n) is 9.16. The molecule has 0 N–H and O–H groups in total. The minimum atomic E-state index is 0.345. The highest BCUT2D eigenvalue weighted by atomic mass is 16.1. The van der Waals surface area contributed by atoms with Gasteiger partial charge in [0.2, 0.25) is 0 Å². The van der Waals surface area contributed by atoms with Gasteiger partial charge >= 0.3 is 0 Å². The number of carbonyl (C=O) groups is 1. The van der Waals surface area contributed by atoms with E-state index < -0.39 is 0 Å². The Morgan fingerprint density at radius 3 is 1.70 bits per heavy atom. The average Bonchev–Trinajstić information content (AvgIpc) is 2.41. The number of rotatable bonds is 15. The SMILES string of the molecule is CCCCCC(C)CCCCCCCCCCC(C)=O. The summed E-state index contributed by atoms with van der Waals surface area (Å²) >= 11 is 0. The van der Waals surface area contributed by atoms with Crippen molar-refractivity contribution in [2.24, 2.45) is 5.92 Å². The lowest BCUT2D eigenvalue weighted by molar-refractivity contribution is -0.117. The van der Waals surface area contributed by atoms with Crippen LogP contribution in [0.3, 0.4) is 0 Å². The van der Waals surface area contributed by atoms with E-state index in [4.69, 9.17) is 0 Å². The van der Waals surface area contributed by atoms with Crippen LogP contribution in [0.5, 0.6) is 0 Å². The molecular formula is C19H38O. The van der Waals surface area contributed by atoms with Crippen molar-refractivity contribution in [1.82, 2.24) is 0 Å². The maximum Gasteiger partial charge on any atom is 0.129 e. The highest BCUT2D eigenvalue weighted by molar-refractivity contribution is 5.75. The van der Waals surface area contributed by atoms with Gasteiger partial charge in [0.1, 0.15) is 5.78 Å². The molecule has 0 aromatic heterocycles. The number of carbonyl (C=O) groups excluding carboxylic acids is 1. The number of unbranched alkanes of at least 4 members (excludes halogenated alkanes) is 9. The first-order chi connectivity index (χ1) is 9.66. The van der Waals surface area contributed by atoms with Crippen LogP contribution in [-0.4, -0.2) is 5.78 Å². The first-order valence-corrected chi connectivity index (χ1v) is 9.16. The van der Waals surface area contributed by atoms with Crippen molar-refractivity contribution in [3.63, 3.8) is 0 Å². The maximum atomic E-state index is 10.8. The molecule has 1 nitrogen and oxygen atoms in total. The second kappa shape index (κ2) is 15.1. The van der Waals surface area contributed by atoms with E-state index in [1.807, 2.05) is 0 Å². The summed E-state index contributed by atoms with van der Waals surface area (Å²) in [6.07, 6.45) is 18.5. The monoisotopic (exact) mass is 282 g/mol. The van der Waals surface area contributed by atoms with E-state index in [9.17, 15) is 4.79 Å². The van der Waals surface area contributed by atoms with Crippen LogP contribution in [0.2, 0.25) is 0 Å². The van der Waals surface area contributed by atoms with E-state index >= 15 is 0 Å². The molecule has 0 aromatic carbocycles. The van der Waals surface area contributed by atoms with Crippen molar-refractivity contribution < 1.29 is 4.79 Å². The Morgan fingerprint density at radius 1 is 0.750 bits per heavy atom. The Hall–Kier alpha value is -0.330. The van der Waals surface area contributed by atoms with Gasteiger partial charge in [-0.25, -0.2) is 0 Å². The quantitative estimate of drug-likeness (QED) is 0.306. The standard InChI is InChI=1S/C19H38O/c1-4-5-12-15-18(2)16-13-10-8-6-7-9-11-14-17-19(3)20/h18H,4-17H2,1-3H3. The molecule has 1 unspecified atom stereocenters. The minimum Gasteiger partial charge on any atom is -0.300 e. The zero-order chi connectivity index (χ0) is 15.1. The third kappa shape index (κ3) is 15.7. The Balaban J connectivity index is 3.10. The summed E-state index contributed by atoms with van der Waals surface area (Å²) < 4.78 is 0. The van der Waals surface area contributed by atoms with Gasteiger partial charge in [-0.15, -0.1) is 0 Å². The highest BCUT2D eigenvalue weighted by Crippen LogP contribution is 2.17. The molecule has 0 aliphatic heterocycles. The van der Waals surface area contributed by atoms with E-state index in [0.717, 1.165) is 18.8 Å². The molecule has 0 fully saturated rings. The number of Topliss-reactive ketones (excluding diaryl/α,β-unsaturated/α-hetero) is 1. The highest BCUT2D eigenvalue weighted by Gasteiger charge is 2.01. The van der Waals surface area contributed by atoms with E-state index in [0.29, 0.717) is 5.78 Å². The molecule has 0 saturated carbocycles. The number of hydrogen-bond acceptors (Lipinski definition) is 1. The van der Waals surface area contributed by atoms with Crippen LogP contribution in [0.1, 0.15) is 111 Å².